The third kappa shape index (κ3) is 4.96. The SMILES string of the molecule is CNC(=S)NN=Cc1ccc(OCc2ccccc2C)c(OC)c1. The summed E-state index contributed by atoms with van der Waals surface area (Å²) in [5, 5.41) is 7.28. The van der Waals surface area contributed by atoms with Gasteiger partial charge in [-0.05, 0) is 54.0 Å². The number of hydrogen-bond donors (Lipinski definition) is 2. The van der Waals surface area contributed by atoms with Gasteiger partial charge in [0, 0.05) is 7.05 Å². The number of nitrogens with one attached hydrogen (secondary N) is 2. The maximum Gasteiger partial charge on any atom is 0.186 e. The molecule has 2 aromatic rings. The van der Waals surface area contributed by atoms with E-state index in [1.807, 2.05) is 30.3 Å². The van der Waals surface area contributed by atoms with E-state index in [4.69, 9.17) is 21.7 Å². The Morgan fingerprint density at radius 3 is 2.71 bits per heavy atom. The Balaban J connectivity index is 2.06. The van der Waals surface area contributed by atoms with Gasteiger partial charge in [-0.25, -0.2) is 0 Å². The van der Waals surface area contributed by atoms with Crippen LogP contribution in [-0.4, -0.2) is 25.5 Å². The molecule has 0 saturated heterocycles. The minimum atomic E-state index is 0.455. The first kappa shape index (κ1) is 17.7. The molecule has 6 heteroatoms. The molecule has 24 heavy (non-hydrogen) atoms. The van der Waals surface area contributed by atoms with Crippen LogP contribution in [0.4, 0.5) is 0 Å². The molecule has 5 nitrogen and oxygen atoms in total. The number of benzene rings is 2. The van der Waals surface area contributed by atoms with Crippen molar-refractivity contribution in [2.45, 2.75) is 13.5 Å². The van der Waals surface area contributed by atoms with Gasteiger partial charge in [-0.2, -0.15) is 5.10 Å². The number of thiocarbonyl (C=S) groups is 1. The summed E-state index contributed by atoms with van der Waals surface area (Å²) in [7, 11) is 3.35. The van der Waals surface area contributed by atoms with Gasteiger partial charge in [0.15, 0.2) is 16.6 Å². The van der Waals surface area contributed by atoms with Gasteiger partial charge in [-0.15, -0.1) is 0 Å². The van der Waals surface area contributed by atoms with Crippen LogP contribution in [0.25, 0.3) is 0 Å². The Hall–Kier alpha value is -2.60. The molecule has 0 aliphatic heterocycles. The summed E-state index contributed by atoms with van der Waals surface area (Å²) in [5.74, 6) is 1.35. The summed E-state index contributed by atoms with van der Waals surface area (Å²) in [4.78, 5) is 0. The van der Waals surface area contributed by atoms with Crippen molar-refractivity contribution < 1.29 is 9.47 Å². The molecule has 0 atom stereocenters. The highest BCUT2D eigenvalue weighted by Gasteiger charge is 2.06. The summed E-state index contributed by atoms with van der Waals surface area (Å²) in [6.07, 6.45) is 1.66. The summed E-state index contributed by atoms with van der Waals surface area (Å²) in [5.41, 5.74) is 5.93. The molecule has 0 saturated carbocycles. The quantitative estimate of drug-likeness (QED) is 0.480. The highest BCUT2D eigenvalue weighted by atomic mass is 32.1. The molecule has 2 rings (SSSR count). The first-order chi connectivity index (χ1) is 11.6. The average molecular weight is 343 g/mol. The van der Waals surface area contributed by atoms with Crippen LogP contribution in [0.3, 0.4) is 0 Å². The maximum atomic E-state index is 5.89. The second-order valence-electron chi connectivity index (χ2n) is 5.07. The molecule has 0 spiro atoms. The van der Waals surface area contributed by atoms with Gasteiger partial charge in [0.1, 0.15) is 6.61 Å². The van der Waals surface area contributed by atoms with Gasteiger partial charge in [-0.3, -0.25) is 5.43 Å². The van der Waals surface area contributed by atoms with Crippen molar-refractivity contribution in [3.63, 3.8) is 0 Å². The summed E-state index contributed by atoms with van der Waals surface area (Å²) in [6, 6.07) is 13.8. The minimum Gasteiger partial charge on any atom is -0.493 e. The van der Waals surface area contributed by atoms with Gasteiger partial charge in [-0.1, -0.05) is 24.3 Å². The fourth-order valence-electron chi connectivity index (χ4n) is 2.03. The van der Waals surface area contributed by atoms with Crippen LogP contribution < -0.4 is 20.2 Å². The number of ether oxygens (including phenoxy) is 2. The first-order valence-corrected chi connectivity index (χ1v) is 7.91. The normalized spacial score (nSPS) is 10.5. The zero-order chi connectivity index (χ0) is 17.4. The molecular weight excluding hydrogens is 322 g/mol. The Kier molecular flexibility index (Phi) is 6.57. The van der Waals surface area contributed by atoms with Gasteiger partial charge in [0.2, 0.25) is 0 Å². The van der Waals surface area contributed by atoms with Crippen molar-refractivity contribution in [2.75, 3.05) is 14.2 Å². The monoisotopic (exact) mass is 343 g/mol. The van der Waals surface area contributed by atoms with Crippen LogP contribution in [0, 0.1) is 6.92 Å². The van der Waals surface area contributed by atoms with E-state index in [2.05, 4.69) is 34.9 Å². The number of nitrogens with zero attached hydrogens (tertiary/aromatic N) is 1. The van der Waals surface area contributed by atoms with Crippen LogP contribution in [0.15, 0.2) is 47.6 Å². The second-order valence-corrected chi connectivity index (χ2v) is 5.48. The summed E-state index contributed by atoms with van der Waals surface area (Å²) < 4.78 is 11.3. The minimum absolute atomic E-state index is 0.455. The lowest BCUT2D eigenvalue weighted by Crippen LogP contribution is -2.28. The lowest BCUT2D eigenvalue weighted by Gasteiger charge is -2.12. The fraction of sp³-hybridized carbons (Fsp3) is 0.222. The number of hydrazone groups is 1. The van der Waals surface area contributed by atoms with Crippen LogP contribution in [-0.2, 0) is 6.61 Å². The van der Waals surface area contributed by atoms with Gasteiger partial charge in [0.25, 0.3) is 0 Å². The molecule has 0 heterocycles. The van der Waals surface area contributed by atoms with Crippen molar-refractivity contribution in [3.8, 4) is 11.5 Å². The third-order valence-corrected chi connectivity index (χ3v) is 3.73. The summed E-state index contributed by atoms with van der Waals surface area (Å²) >= 11 is 4.95. The maximum absolute atomic E-state index is 5.89. The Morgan fingerprint density at radius 1 is 1.21 bits per heavy atom. The number of hydrogen-bond acceptors (Lipinski definition) is 4. The van der Waals surface area contributed by atoms with Crippen molar-refractivity contribution in [2.24, 2.45) is 5.10 Å². The molecule has 0 aliphatic rings. The standard InChI is InChI=1S/C18H21N3O2S/c1-13-6-4-5-7-15(13)12-23-16-9-8-14(10-17(16)22-3)11-20-21-18(24)19-2/h4-11H,12H2,1-3H3,(H2,19,21,24). The number of methoxy groups -OCH3 is 1. The van der Waals surface area contributed by atoms with Crippen molar-refractivity contribution >= 4 is 23.5 Å². The molecule has 0 fully saturated rings. The molecule has 126 valence electrons. The third-order valence-electron chi connectivity index (χ3n) is 3.44. The van der Waals surface area contributed by atoms with Crippen LogP contribution in [0.1, 0.15) is 16.7 Å². The average Bonchev–Trinajstić information content (AvgIpc) is 2.61. The largest absolute Gasteiger partial charge is 0.493 e. The topological polar surface area (TPSA) is 54.9 Å². The van der Waals surface area contributed by atoms with E-state index in [-0.39, 0.29) is 0 Å². The van der Waals surface area contributed by atoms with E-state index in [1.54, 1.807) is 20.4 Å². The van der Waals surface area contributed by atoms with Crippen molar-refractivity contribution in [1.29, 1.82) is 0 Å². The van der Waals surface area contributed by atoms with Crippen molar-refractivity contribution in [3.05, 3.63) is 59.2 Å². The Bertz CT molecular complexity index is 732. The number of rotatable bonds is 6. The molecule has 2 N–H and O–H groups in total. The van der Waals surface area contributed by atoms with E-state index < -0.39 is 0 Å². The Labute approximate surface area is 147 Å². The predicted molar refractivity (Wildman–Crippen MR) is 101 cm³/mol. The molecule has 0 amide bonds. The Morgan fingerprint density at radius 2 is 2.00 bits per heavy atom. The van der Waals surface area contributed by atoms with Crippen LogP contribution in [0.2, 0.25) is 0 Å². The highest BCUT2D eigenvalue weighted by molar-refractivity contribution is 7.80. The molecular formula is C18H21N3O2S. The van der Waals surface area contributed by atoms with E-state index >= 15 is 0 Å². The molecule has 0 bridgehead atoms. The lowest BCUT2D eigenvalue weighted by molar-refractivity contribution is 0.284. The smallest absolute Gasteiger partial charge is 0.186 e. The fourth-order valence-corrected chi connectivity index (χ4v) is 2.09. The zero-order valence-electron chi connectivity index (χ0n) is 14.0. The molecule has 0 radical (unpaired) electrons. The van der Waals surface area contributed by atoms with Crippen molar-refractivity contribution in [1.82, 2.24) is 10.7 Å². The van der Waals surface area contributed by atoms with Gasteiger partial charge < -0.3 is 14.8 Å². The molecule has 2 aromatic carbocycles. The summed E-state index contributed by atoms with van der Waals surface area (Å²) in [6.45, 7) is 2.56. The van der Waals surface area contributed by atoms with Gasteiger partial charge >= 0.3 is 0 Å². The molecule has 0 aromatic heterocycles. The van der Waals surface area contributed by atoms with E-state index in [0.717, 1.165) is 11.1 Å². The first-order valence-electron chi connectivity index (χ1n) is 7.50. The highest BCUT2D eigenvalue weighted by Crippen LogP contribution is 2.28. The zero-order valence-corrected chi connectivity index (χ0v) is 14.8. The van der Waals surface area contributed by atoms with Crippen LogP contribution in [0.5, 0.6) is 11.5 Å². The lowest BCUT2D eigenvalue weighted by atomic mass is 10.1. The van der Waals surface area contributed by atoms with E-state index in [1.165, 1.54) is 5.56 Å². The van der Waals surface area contributed by atoms with E-state index in [9.17, 15) is 0 Å². The second kappa shape index (κ2) is 8.88. The van der Waals surface area contributed by atoms with E-state index in [0.29, 0.717) is 23.2 Å². The molecule has 0 aliphatic carbocycles. The predicted octanol–water partition coefficient (Wildman–Crippen LogP) is 3.01. The number of aryl methyl sites for hydroxylation is 1. The molecule has 0 unspecified atom stereocenters. The van der Waals surface area contributed by atoms with Gasteiger partial charge in [0.05, 0.1) is 13.3 Å². The van der Waals surface area contributed by atoms with Crippen LogP contribution >= 0.6 is 12.2 Å².